The zero-order valence-corrected chi connectivity index (χ0v) is 32.1. The molecule has 3 aromatic rings. The molecule has 4 saturated heterocycles. The third-order valence-electron chi connectivity index (χ3n) is 11.2. The smallest absolute Gasteiger partial charge is 0.320 e. The summed E-state index contributed by atoms with van der Waals surface area (Å²) >= 11 is 0. The van der Waals surface area contributed by atoms with Crippen molar-refractivity contribution < 1.29 is 28.7 Å². The number of likely N-dealkylation sites (tertiary alicyclic amines) is 1. The van der Waals surface area contributed by atoms with Crippen LogP contribution in [0.2, 0.25) is 0 Å². The summed E-state index contributed by atoms with van der Waals surface area (Å²) in [6.45, 7) is 3.66. The Labute approximate surface area is 329 Å². The number of nitrogens with zero attached hydrogens (tertiary/aromatic N) is 3. The van der Waals surface area contributed by atoms with Crippen molar-refractivity contribution >= 4 is 29.6 Å². The number of benzene rings is 3. The highest BCUT2D eigenvalue weighted by Crippen LogP contribution is 2.34. The lowest BCUT2D eigenvalue weighted by Gasteiger charge is -2.56. The van der Waals surface area contributed by atoms with Gasteiger partial charge in [0.05, 0.1) is 12.6 Å². The molecule has 4 fully saturated rings. The quantitative estimate of drug-likeness (QED) is 0.111. The SMILES string of the molecule is CC1CC(NC(=O)C(Cc2ccccc2)NC(=O)C(N)Cc2ccccc2)C(=O)N1C(CCCCN)C(=O)N1CC2CC(C1)N2CC(=O)OCc1ccccc1. The first-order valence-electron chi connectivity index (χ1n) is 19.8. The number of fused-ring (bicyclic) bond motifs is 2. The van der Waals surface area contributed by atoms with Crippen molar-refractivity contribution in [1.29, 1.82) is 0 Å². The number of piperidine rings is 1. The van der Waals surface area contributed by atoms with Crippen LogP contribution in [0, 0.1) is 0 Å². The first-order chi connectivity index (χ1) is 27.1. The van der Waals surface area contributed by atoms with Crippen molar-refractivity contribution in [2.75, 3.05) is 26.2 Å². The van der Waals surface area contributed by atoms with Crippen molar-refractivity contribution in [2.24, 2.45) is 11.5 Å². The summed E-state index contributed by atoms with van der Waals surface area (Å²) in [6, 6.07) is 24.6. The van der Waals surface area contributed by atoms with Gasteiger partial charge >= 0.3 is 5.97 Å². The Morgan fingerprint density at radius 2 is 1.39 bits per heavy atom. The number of carbonyl (C=O) groups is 5. The molecule has 7 atom stereocenters. The van der Waals surface area contributed by atoms with Gasteiger partial charge in [0.1, 0.15) is 24.7 Å². The molecule has 13 nitrogen and oxygen atoms in total. The van der Waals surface area contributed by atoms with Gasteiger partial charge in [0.15, 0.2) is 0 Å². The highest BCUT2D eigenvalue weighted by Gasteiger charge is 2.50. The number of rotatable bonds is 18. The number of nitrogens with two attached hydrogens (primary N) is 2. The Kier molecular flexibility index (Phi) is 13.9. The van der Waals surface area contributed by atoms with E-state index in [-0.39, 0.29) is 55.5 Å². The van der Waals surface area contributed by atoms with Crippen LogP contribution < -0.4 is 22.1 Å². The predicted octanol–water partition coefficient (Wildman–Crippen LogP) is 1.92. The zero-order chi connectivity index (χ0) is 39.6. The molecule has 4 aliphatic heterocycles. The summed E-state index contributed by atoms with van der Waals surface area (Å²) in [7, 11) is 0. The molecule has 298 valence electrons. The Morgan fingerprint density at radius 3 is 2.00 bits per heavy atom. The summed E-state index contributed by atoms with van der Waals surface area (Å²) < 4.78 is 5.52. The second kappa shape index (κ2) is 19.2. The molecule has 13 heteroatoms. The predicted molar refractivity (Wildman–Crippen MR) is 211 cm³/mol. The minimum Gasteiger partial charge on any atom is -0.460 e. The van der Waals surface area contributed by atoms with Crippen LogP contribution in [0.5, 0.6) is 0 Å². The molecule has 56 heavy (non-hydrogen) atoms. The Morgan fingerprint density at radius 1 is 0.804 bits per heavy atom. The highest BCUT2D eigenvalue weighted by molar-refractivity contribution is 5.96. The summed E-state index contributed by atoms with van der Waals surface area (Å²) in [4.78, 5) is 74.0. The van der Waals surface area contributed by atoms with Crippen molar-refractivity contribution in [3.05, 3.63) is 108 Å². The van der Waals surface area contributed by atoms with E-state index in [1.807, 2.05) is 103 Å². The first kappa shape index (κ1) is 40.6. The molecule has 0 saturated carbocycles. The molecule has 0 aliphatic carbocycles. The number of amides is 4. The number of unbranched alkanes of at least 4 members (excludes halogenated alkanes) is 1. The van der Waals surface area contributed by atoms with Crippen LogP contribution in [-0.2, 0) is 48.2 Å². The number of hydrogen-bond donors (Lipinski definition) is 4. The Bertz CT molecular complexity index is 1790. The third kappa shape index (κ3) is 10.2. The van der Waals surface area contributed by atoms with E-state index in [9.17, 15) is 24.0 Å². The molecule has 0 radical (unpaired) electrons. The van der Waals surface area contributed by atoms with Crippen molar-refractivity contribution in [3.63, 3.8) is 0 Å². The van der Waals surface area contributed by atoms with Crippen LogP contribution >= 0.6 is 0 Å². The molecular formula is C43H55N7O6. The second-order valence-electron chi connectivity index (χ2n) is 15.3. The van der Waals surface area contributed by atoms with Gasteiger partial charge in [-0.3, -0.25) is 28.9 Å². The number of ether oxygens (including phenoxy) is 1. The third-order valence-corrected chi connectivity index (χ3v) is 11.2. The van der Waals surface area contributed by atoms with Crippen LogP contribution in [-0.4, -0.2) is 113 Å². The number of carbonyl (C=O) groups excluding carboxylic acids is 5. The maximum absolute atomic E-state index is 14.3. The largest absolute Gasteiger partial charge is 0.460 e. The zero-order valence-electron chi connectivity index (χ0n) is 32.1. The van der Waals surface area contributed by atoms with E-state index < -0.39 is 36.0 Å². The summed E-state index contributed by atoms with van der Waals surface area (Å²) in [5.41, 5.74) is 14.8. The normalized spacial score (nSPS) is 22.1. The fraction of sp³-hybridized carbons (Fsp3) is 0.465. The summed E-state index contributed by atoms with van der Waals surface area (Å²) in [5.74, 6) is -1.71. The highest BCUT2D eigenvalue weighted by atomic mass is 16.5. The van der Waals surface area contributed by atoms with Gasteiger partial charge in [0.2, 0.25) is 23.6 Å². The topological polar surface area (TPSA) is 180 Å². The van der Waals surface area contributed by atoms with E-state index in [1.54, 1.807) is 4.90 Å². The van der Waals surface area contributed by atoms with Crippen LogP contribution in [0.1, 0.15) is 55.7 Å². The lowest BCUT2D eigenvalue weighted by atomic mass is 9.86. The number of piperazine rings is 1. The van der Waals surface area contributed by atoms with Crippen molar-refractivity contribution in [2.45, 2.75) is 101 Å². The maximum Gasteiger partial charge on any atom is 0.320 e. The molecule has 3 aromatic carbocycles. The van der Waals surface area contributed by atoms with Gasteiger partial charge in [-0.1, -0.05) is 91.0 Å². The number of esters is 1. The minimum absolute atomic E-state index is 0.0305. The minimum atomic E-state index is -0.982. The van der Waals surface area contributed by atoms with Gasteiger partial charge in [-0.05, 0) is 68.7 Å². The molecule has 7 unspecified atom stereocenters. The maximum atomic E-state index is 14.3. The standard InChI is InChI=1S/C43H55N7O6/c1-29-21-37(47-41(53)36(23-31-15-7-3-8-16-31)46-40(52)35(45)22-30-13-5-2-6-14-30)42(54)50(29)38(19-11-12-20-44)43(55)48-25-33-24-34(26-48)49(33)27-39(51)56-28-32-17-9-4-10-18-32/h2-10,13-18,29,33-38H,11-12,19-28,44-45H2,1H3,(H,46,52)(H,47,53). The van der Waals surface area contributed by atoms with Crippen molar-refractivity contribution in [1.82, 2.24) is 25.3 Å². The fourth-order valence-corrected chi connectivity index (χ4v) is 8.24. The molecule has 4 heterocycles. The fourth-order valence-electron chi connectivity index (χ4n) is 8.24. The Balaban J connectivity index is 1.08. The van der Waals surface area contributed by atoms with Gasteiger partial charge < -0.3 is 36.6 Å². The molecule has 0 aromatic heterocycles. The van der Waals surface area contributed by atoms with Crippen LogP contribution in [0.15, 0.2) is 91.0 Å². The number of nitrogens with one attached hydrogen (secondary N) is 2. The molecule has 0 spiro atoms. The molecule has 2 bridgehead atoms. The average molecular weight is 766 g/mol. The Hall–Kier alpha value is -5.11. The van der Waals surface area contributed by atoms with Gasteiger partial charge in [-0.2, -0.15) is 0 Å². The summed E-state index contributed by atoms with van der Waals surface area (Å²) in [6.07, 6.45) is 3.52. The van der Waals surface area contributed by atoms with Gasteiger partial charge in [-0.25, -0.2) is 0 Å². The van der Waals surface area contributed by atoms with Crippen LogP contribution in [0.4, 0.5) is 0 Å². The first-order valence-corrected chi connectivity index (χ1v) is 19.8. The lowest BCUT2D eigenvalue weighted by molar-refractivity contribution is -0.161. The molecule has 7 rings (SSSR count). The molecule has 4 amide bonds. The van der Waals surface area contributed by atoms with Crippen LogP contribution in [0.3, 0.4) is 0 Å². The van der Waals surface area contributed by atoms with E-state index >= 15 is 0 Å². The monoisotopic (exact) mass is 765 g/mol. The summed E-state index contributed by atoms with van der Waals surface area (Å²) in [5, 5.41) is 5.77. The van der Waals surface area contributed by atoms with E-state index in [1.165, 1.54) is 0 Å². The van der Waals surface area contributed by atoms with E-state index in [0.717, 1.165) is 23.1 Å². The van der Waals surface area contributed by atoms with E-state index in [0.29, 0.717) is 51.7 Å². The lowest BCUT2D eigenvalue weighted by Crippen LogP contribution is -2.71. The molecule has 4 aliphatic rings. The second-order valence-corrected chi connectivity index (χ2v) is 15.3. The van der Waals surface area contributed by atoms with E-state index in [2.05, 4.69) is 15.5 Å². The van der Waals surface area contributed by atoms with Crippen molar-refractivity contribution in [3.8, 4) is 0 Å². The average Bonchev–Trinajstić information content (AvgIpc) is 3.49. The number of hydrogen-bond acceptors (Lipinski definition) is 9. The van der Waals surface area contributed by atoms with Gasteiger partial charge in [0, 0.05) is 37.6 Å². The molecule has 6 N–H and O–H groups in total. The molecular weight excluding hydrogens is 711 g/mol. The van der Waals surface area contributed by atoms with Gasteiger partial charge in [-0.15, -0.1) is 0 Å². The van der Waals surface area contributed by atoms with E-state index in [4.69, 9.17) is 16.2 Å². The van der Waals surface area contributed by atoms with Gasteiger partial charge in [0.25, 0.3) is 0 Å². The van der Waals surface area contributed by atoms with Crippen LogP contribution in [0.25, 0.3) is 0 Å².